The highest BCUT2D eigenvalue weighted by Crippen LogP contribution is 2.41. The van der Waals surface area contributed by atoms with Gasteiger partial charge in [-0.15, -0.1) is 0 Å². The van der Waals surface area contributed by atoms with Crippen LogP contribution in [0.25, 0.3) is 11.3 Å². The van der Waals surface area contributed by atoms with E-state index in [1.54, 1.807) is 25.3 Å². The zero-order valence-electron chi connectivity index (χ0n) is 15.7. The predicted octanol–water partition coefficient (Wildman–Crippen LogP) is 5.20. The second-order valence-corrected chi connectivity index (χ2v) is 7.44. The number of esters is 1. The monoisotopic (exact) mass is 463 g/mol. The Morgan fingerprint density at radius 1 is 1.03 bits per heavy atom. The van der Waals surface area contributed by atoms with Crippen LogP contribution in [0.3, 0.4) is 0 Å². The predicted molar refractivity (Wildman–Crippen MR) is 114 cm³/mol. The summed E-state index contributed by atoms with van der Waals surface area (Å²) in [6.07, 6.45) is 3.29. The van der Waals surface area contributed by atoms with Gasteiger partial charge in [-0.2, -0.15) is 0 Å². The molecular formula is C23H14BrNO5. The number of cyclic esters (lactones) is 1. The van der Waals surface area contributed by atoms with Crippen LogP contribution in [0.15, 0.2) is 86.5 Å². The smallest absolute Gasteiger partial charge is 0.364 e. The SMILES string of the molecule is COc1ccc(C2=C/C(=C3/N=C(c4ccco4)OC3=O)c3cc(Br)ccc3O2)cc1. The molecule has 2 aliphatic rings. The van der Waals surface area contributed by atoms with E-state index in [0.29, 0.717) is 22.8 Å². The fourth-order valence-corrected chi connectivity index (χ4v) is 3.59. The Morgan fingerprint density at radius 2 is 1.87 bits per heavy atom. The summed E-state index contributed by atoms with van der Waals surface area (Å²) in [5.74, 6) is 1.92. The van der Waals surface area contributed by atoms with Crippen LogP contribution in [0.4, 0.5) is 0 Å². The fraction of sp³-hybridized carbons (Fsp3) is 0.0435. The summed E-state index contributed by atoms with van der Waals surface area (Å²) in [5.41, 5.74) is 2.37. The first kappa shape index (κ1) is 18.4. The van der Waals surface area contributed by atoms with Crippen LogP contribution in [0.5, 0.6) is 11.5 Å². The van der Waals surface area contributed by atoms with Gasteiger partial charge in [0.05, 0.1) is 13.4 Å². The minimum atomic E-state index is -0.547. The fourth-order valence-electron chi connectivity index (χ4n) is 3.23. The summed E-state index contributed by atoms with van der Waals surface area (Å²) in [5, 5.41) is 0. The van der Waals surface area contributed by atoms with Gasteiger partial charge in [-0.25, -0.2) is 9.79 Å². The lowest BCUT2D eigenvalue weighted by Crippen LogP contribution is -2.08. The van der Waals surface area contributed by atoms with Crippen molar-refractivity contribution in [1.82, 2.24) is 0 Å². The molecule has 0 radical (unpaired) electrons. The molecule has 6 nitrogen and oxygen atoms in total. The number of ether oxygens (including phenoxy) is 3. The maximum Gasteiger partial charge on any atom is 0.364 e. The lowest BCUT2D eigenvalue weighted by Gasteiger charge is -2.21. The molecule has 0 saturated carbocycles. The van der Waals surface area contributed by atoms with Crippen LogP contribution in [-0.4, -0.2) is 19.0 Å². The van der Waals surface area contributed by atoms with Crippen LogP contribution in [0.2, 0.25) is 0 Å². The Kier molecular flexibility index (Phi) is 4.52. The number of hydrogen-bond acceptors (Lipinski definition) is 6. The van der Waals surface area contributed by atoms with Crippen LogP contribution in [0.1, 0.15) is 16.9 Å². The summed E-state index contributed by atoms with van der Waals surface area (Å²) in [4.78, 5) is 17.1. The average Bonchev–Trinajstić information content (AvgIpc) is 3.43. The van der Waals surface area contributed by atoms with Crippen molar-refractivity contribution in [3.05, 3.63) is 94.0 Å². The molecule has 2 aliphatic heterocycles. The molecule has 2 aromatic carbocycles. The van der Waals surface area contributed by atoms with Crippen molar-refractivity contribution in [3.63, 3.8) is 0 Å². The molecule has 1 aromatic heterocycles. The number of hydrogen-bond donors (Lipinski definition) is 0. The topological polar surface area (TPSA) is 70.3 Å². The van der Waals surface area contributed by atoms with Crippen molar-refractivity contribution in [2.75, 3.05) is 7.11 Å². The van der Waals surface area contributed by atoms with E-state index in [4.69, 9.17) is 18.6 Å². The van der Waals surface area contributed by atoms with E-state index in [-0.39, 0.29) is 11.6 Å². The highest BCUT2D eigenvalue weighted by Gasteiger charge is 2.31. The molecular weight excluding hydrogens is 450 g/mol. The highest BCUT2D eigenvalue weighted by atomic mass is 79.9. The van der Waals surface area contributed by atoms with E-state index in [1.807, 2.05) is 42.5 Å². The third-order valence-electron chi connectivity index (χ3n) is 4.68. The van der Waals surface area contributed by atoms with Crippen LogP contribution >= 0.6 is 15.9 Å². The second-order valence-electron chi connectivity index (χ2n) is 6.53. The number of methoxy groups -OCH3 is 1. The van der Waals surface area contributed by atoms with Crippen molar-refractivity contribution in [1.29, 1.82) is 0 Å². The van der Waals surface area contributed by atoms with E-state index in [9.17, 15) is 4.79 Å². The van der Waals surface area contributed by atoms with Gasteiger partial charge in [0, 0.05) is 21.2 Å². The number of rotatable bonds is 3. The van der Waals surface area contributed by atoms with Gasteiger partial charge in [-0.1, -0.05) is 15.9 Å². The molecule has 0 spiro atoms. The first-order valence-electron chi connectivity index (χ1n) is 9.05. The number of fused-ring (bicyclic) bond motifs is 1. The van der Waals surface area contributed by atoms with Gasteiger partial charge in [0.2, 0.25) is 0 Å². The van der Waals surface area contributed by atoms with Crippen LogP contribution < -0.4 is 9.47 Å². The lowest BCUT2D eigenvalue weighted by molar-refractivity contribution is -0.130. The third kappa shape index (κ3) is 3.23. The Bertz CT molecular complexity index is 1240. The summed E-state index contributed by atoms with van der Waals surface area (Å²) in [6.45, 7) is 0. The Morgan fingerprint density at radius 3 is 2.60 bits per heavy atom. The quantitative estimate of drug-likeness (QED) is 0.394. The van der Waals surface area contributed by atoms with Gasteiger partial charge in [0.25, 0.3) is 5.90 Å². The van der Waals surface area contributed by atoms with Crippen LogP contribution in [0, 0.1) is 0 Å². The van der Waals surface area contributed by atoms with Crippen molar-refractivity contribution in [2.45, 2.75) is 0 Å². The number of allylic oxidation sites excluding steroid dienone is 2. The normalized spacial score (nSPS) is 17.6. The number of nitrogens with zero attached hydrogens (tertiary/aromatic N) is 1. The third-order valence-corrected chi connectivity index (χ3v) is 5.18. The maximum absolute atomic E-state index is 12.7. The van der Waals surface area contributed by atoms with Crippen molar-refractivity contribution in [3.8, 4) is 11.5 Å². The molecule has 0 aliphatic carbocycles. The van der Waals surface area contributed by atoms with Gasteiger partial charge in [-0.05, 0) is 60.7 Å². The number of carbonyl (C=O) groups is 1. The number of benzene rings is 2. The van der Waals surface area contributed by atoms with Crippen LogP contribution in [-0.2, 0) is 9.53 Å². The molecule has 0 saturated heterocycles. The highest BCUT2D eigenvalue weighted by molar-refractivity contribution is 9.10. The van der Waals surface area contributed by atoms with E-state index in [0.717, 1.165) is 21.3 Å². The van der Waals surface area contributed by atoms with Gasteiger partial charge < -0.3 is 18.6 Å². The van der Waals surface area contributed by atoms with Crippen molar-refractivity contribution >= 4 is 39.1 Å². The molecule has 0 unspecified atom stereocenters. The molecule has 3 heterocycles. The van der Waals surface area contributed by atoms with E-state index in [1.165, 1.54) is 6.26 Å². The number of aliphatic imine (C=N–C) groups is 1. The molecule has 0 N–H and O–H groups in total. The lowest BCUT2D eigenvalue weighted by atomic mass is 9.97. The number of furan rings is 1. The summed E-state index contributed by atoms with van der Waals surface area (Å²) in [7, 11) is 1.61. The van der Waals surface area contributed by atoms with Gasteiger partial charge >= 0.3 is 5.97 Å². The molecule has 0 fully saturated rings. The molecule has 0 bridgehead atoms. The Balaban J connectivity index is 1.68. The van der Waals surface area contributed by atoms with E-state index >= 15 is 0 Å². The zero-order chi connectivity index (χ0) is 20.7. The number of halogens is 1. The van der Waals surface area contributed by atoms with Gasteiger partial charge in [0.1, 0.15) is 17.3 Å². The molecule has 0 amide bonds. The maximum atomic E-state index is 12.7. The molecule has 30 heavy (non-hydrogen) atoms. The van der Waals surface area contributed by atoms with E-state index in [2.05, 4.69) is 20.9 Å². The zero-order valence-corrected chi connectivity index (χ0v) is 17.3. The molecule has 5 rings (SSSR count). The Hall–Kier alpha value is -3.58. The molecule has 0 atom stereocenters. The standard InChI is InChI=1S/C23H14BrNO5/c1-27-15-7-4-13(5-8-15)20-12-17(16-11-14(24)6-9-18(16)29-20)21-23(26)30-22(25-21)19-3-2-10-28-19/h2-12H,1H3/b21-17-. The largest absolute Gasteiger partial charge is 0.497 e. The van der Waals surface area contributed by atoms with Crippen molar-refractivity contribution < 1.29 is 23.4 Å². The second kappa shape index (κ2) is 7.35. The minimum Gasteiger partial charge on any atom is -0.497 e. The van der Waals surface area contributed by atoms with Crippen molar-refractivity contribution in [2.24, 2.45) is 4.99 Å². The van der Waals surface area contributed by atoms with Gasteiger partial charge in [-0.3, -0.25) is 0 Å². The minimum absolute atomic E-state index is 0.134. The van der Waals surface area contributed by atoms with Gasteiger partial charge in [0.15, 0.2) is 11.5 Å². The molecule has 148 valence electrons. The Labute approximate surface area is 180 Å². The summed E-state index contributed by atoms with van der Waals surface area (Å²) >= 11 is 3.48. The molecule has 3 aromatic rings. The average molecular weight is 464 g/mol. The van der Waals surface area contributed by atoms with E-state index < -0.39 is 5.97 Å². The summed E-state index contributed by atoms with van der Waals surface area (Å²) in [6, 6.07) is 16.5. The summed E-state index contributed by atoms with van der Waals surface area (Å²) < 4.78 is 22.9. The first-order chi connectivity index (χ1) is 14.6. The molecule has 7 heteroatoms. The number of carbonyl (C=O) groups excluding carboxylic acids is 1. The first-order valence-corrected chi connectivity index (χ1v) is 9.84.